The molecule has 21 heavy (non-hydrogen) atoms. The lowest BCUT2D eigenvalue weighted by Gasteiger charge is -2.13. The first-order valence-electron chi connectivity index (χ1n) is 6.15. The van der Waals surface area contributed by atoms with E-state index in [1.165, 1.54) is 18.2 Å². The predicted molar refractivity (Wildman–Crippen MR) is 78.2 cm³/mol. The van der Waals surface area contributed by atoms with Gasteiger partial charge in [-0.2, -0.15) is 5.26 Å². The van der Waals surface area contributed by atoms with Crippen LogP contribution in [0.4, 0.5) is 11.4 Å². The number of ether oxygens (including phenoxy) is 1. The molecule has 0 aliphatic rings. The van der Waals surface area contributed by atoms with Crippen molar-refractivity contribution in [1.29, 1.82) is 5.26 Å². The molecular weight excluding hydrogens is 270 g/mol. The Morgan fingerprint density at radius 1 is 1.24 bits per heavy atom. The van der Waals surface area contributed by atoms with Gasteiger partial charge in [0.2, 0.25) is 0 Å². The number of nitrogens with zero attached hydrogens (tertiary/aromatic N) is 2. The van der Waals surface area contributed by atoms with Gasteiger partial charge in [0.05, 0.1) is 22.2 Å². The molecule has 2 aromatic carbocycles. The number of rotatable bonds is 3. The quantitative estimate of drug-likeness (QED) is 0.528. The van der Waals surface area contributed by atoms with Crippen LogP contribution >= 0.6 is 0 Å². The minimum Gasteiger partial charge on any atom is -0.455 e. The zero-order chi connectivity index (χ0) is 15.6. The van der Waals surface area contributed by atoms with Gasteiger partial charge in [0, 0.05) is 12.1 Å². The lowest BCUT2D eigenvalue weighted by Crippen LogP contribution is -1.97. The molecule has 0 spiro atoms. The van der Waals surface area contributed by atoms with Crippen molar-refractivity contribution in [3.63, 3.8) is 0 Å². The largest absolute Gasteiger partial charge is 0.455 e. The van der Waals surface area contributed by atoms with Crippen LogP contribution in [0.1, 0.15) is 16.7 Å². The first-order chi connectivity index (χ1) is 9.92. The summed E-state index contributed by atoms with van der Waals surface area (Å²) < 4.78 is 5.75. The molecule has 0 aromatic heterocycles. The van der Waals surface area contributed by atoms with E-state index in [0.29, 0.717) is 17.1 Å². The van der Waals surface area contributed by atoms with Gasteiger partial charge in [-0.3, -0.25) is 10.1 Å². The zero-order valence-corrected chi connectivity index (χ0v) is 11.6. The molecule has 0 aliphatic carbocycles. The molecule has 0 radical (unpaired) electrons. The molecule has 0 bridgehead atoms. The maximum Gasteiger partial charge on any atom is 0.271 e. The lowest BCUT2D eigenvalue weighted by molar-refractivity contribution is -0.384. The van der Waals surface area contributed by atoms with Crippen LogP contribution in [-0.4, -0.2) is 4.92 Å². The second-order valence-electron chi connectivity index (χ2n) is 4.63. The third-order valence-electron chi connectivity index (χ3n) is 3.01. The molecule has 0 saturated heterocycles. The number of benzene rings is 2. The summed E-state index contributed by atoms with van der Waals surface area (Å²) in [7, 11) is 0. The summed E-state index contributed by atoms with van der Waals surface area (Å²) >= 11 is 0. The van der Waals surface area contributed by atoms with Gasteiger partial charge in [-0.05, 0) is 43.2 Å². The second kappa shape index (κ2) is 5.51. The van der Waals surface area contributed by atoms with Gasteiger partial charge in [0.15, 0.2) is 5.75 Å². The summed E-state index contributed by atoms with van der Waals surface area (Å²) in [5.41, 5.74) is 8.02. The van der Waals surface area contributed by atoms with Gasteiger partial charge in [0.25, 0.3) is 5.69 Å². The first kappa shape index (κ1) is 14.3. The number of nitrogen functional groups attached to an aromatic ring is 1. The summed E-state index contributed by atoms with van der Waals surface area (Å²) in [6.07, 6.45) is 0. The van der Waals surface area contributed by atoms with Crippen LogP contribution in [0.2, 0.25) is 0 Å². The molecule has 2 rings (SSSR count). The highest BCUT2D eigenvalue weighted by atomic mass is 16.6. The normalized spacial score (nSPS) is 9.95. The molecule has 0 aliphatic heterocycles. The fourth-order valence-electron chi connectivity index (χ4n) is 2.03. The molecule has 0 saturated carbocycles. The number of nitrogens with two attached hydrogens (primary N) is 1. The van der Waals surface area contributed by atoms with E-state index in [-0.39, 0.29) is 11.4 Å². The molecule has 2 aromatic rings. The Bertz CT molecular complexity index is 740. The molecule has 0 unspecified atom stereocenters. The highest BCUT2D eigenvalue weighted by Crippen LogP contribution is 2.34. The van der Waals surface area contributed by atoms with Gasteiger partial charge < -0.3 is 10.5 Å². The smallest absolute Gasteiger partial charge is 0.271 e. The van der Waals surface area contributed by atoms with Crippen molar-refractivity contribution >= 4 is 11.4 Å². The molecule has 2 N–H and O–H groups in total. The molecule has 0 heterocycles. The molecule has 0 amide bonds. The molecule has 106 valence electrons. The topological polar surface area (TPSA) is 102 Å². The summed E-state index contributed by atoms with van der Waals surface area (Å²) in [5.74, 6) is 0.936. The maximum atomic E-state index is 10.7. The summed E-state index contributed by atoms with van der Waals surface area (Å²) in [5, 5.41) is 19.6. The zero-order valence-electron chi connectivity index (χ0n) is 11.6. The Hall–Kier alpha value is -3.07. The lowest BCUT2D eigenvalue weighted by atomic mass is 10.1. The van der Waals surface area contributed by atoms with Crippen molar-refractivity contribution in [1.82, 2.24) is 0 Å². The monoisotopic (exact) mass is 283 g/mol. The fourth-order valence-corrected chi connectivity index (χ4v) is 2.03. The van der Waals surface area contributed by atoms with E-state index < -0.39 is 4.92 Å². The van der Waals surface area contributed by atoms with Crippen molar-refractivity contribution in [2.24, 2.45) is 0 Å². The van der Waals surface area contributed by atoms with Crippen molar-refractivity contribution in [2.75, 3.05) is 5.73 Å². The van der Waals surface area contributed by atoms with Crippen LogP contribution in [0.15, 0.2) is 30.3 Å². The summed E-state index contributed by atoms with van der Waals surface area (Å²) in [6, 6.07) is 9.55. The minimum atomic E-state index is -0.516. The minimum absolute atomic E-state index is 0.0897. The average Bonchev–Trinajstić information content (AvgIpc) is 2.43. The Kier molecular flexibility index (Phi) is 3.76. The van der Waals surface area contributed by atoms with Gasteiger partial charge in [0.1, 0.15) is 5.75 Å². The summed E-state index contributed by atoms with van der Waals surface area (Å²) in [6.45, 7) is 3.65. The van der Waals surface area contributed by atoms with E-state index in [4.69, 9.17) is 15.7 Å². The number of anilines is 1. The van der Waals surface area contributed by atoms with Crippen LogP contribution < -0.4 is 10.5 Å². The van der Waals surface area contributed by atoms with Crippen molar-refractivity contribution < 1.29 is 9.66 Å². The Labute approximate surface area is 121 Å². The number of nitro benzene ring substituents is 1. The fraction of sp³-hybridized carbons (Fsp3) is 0.133. The second-order valence-corrected chi connectivity index (χ2v) is 4.63. The average molecular weight is 283 g/mol. The molecule has 0 atom stereocenters. The predicted octanol–water partition coefficient (Wildman–Crippen LogP) is 3.46. The van der Waals surface area contributed by atoms with Crippen LogP contribution in [0, 0.1) is 35.3 Å². The van der Waals surface area contributed by atoms with Crippen molar-refractivity contribution in [3.05, 3.63) is 57.1 Å². The van der Waals surface area contributed by atoms with Crippen LogP contribution in [0.5, 0.6) is 11.5 Å². The van der Waals surface area contributed by atoms with Gasteiger partial charge in [-0.1, -0.05) is 0 Å². The molecule has 6 heteroatoms. The van der Waals surface area contributed by atoms with E-state index in [9.17, 15) is 10.1 Å². The van der Waals surface area contributed by atoms with Gasteiger partial charge in [-0.15, -0.1) is 0 Å². The number of nitro groups is 1. The number of non-ortho nitro benzene ring substituents is 1. The van der Waals surface area contributed by atoms with Gasteiger partial charge in [-0.25, -0.2) is 0 Å². The number of hydrogen-bond donors (Lipinski definition) is 1. The molecular formula is C15H13N3O3. The standard InChI is InChI=1S/C15H13N3O3/c1-9-5-11(8-16)6-10(2)15(9)21-14-4-3-12(18(19)20)7-13(14)17/h3-7H,17H2,1-2H3. The Balaban J connectivity index is 2.39. The first-order valence-corrected chi connectivity index (χ1v) is 6.15. The highest BCUT2D eigenvalue weighted by molar-refractivity contribution is 5.60. The Morgan fingerprint density at radius 2 is 1.86 bits per heavy atom. The third kappa shape index (κ3) is 2.92. The van der Waals surface area contributed by atoms with E-state index in [1.54, 1.807) is 12.1 Å². The van der Waals surface area contributed by atoms with E-state index in [2.05, 4.69) is 6.07 Å². The third-order valence-corrected chi connectivity index (χ3v) is 3.01. The van der Waals surface area contributed by atoms with E-state index in [0.717, 1.165) is 11.1 Å². The number of aryl methyl sites for hydroxylation is 2. The van der Waals surface area contributed by atoms with Gasteiger partial charge >= 0.3 is 0 Å². The highest BCUT2D eigenvalue weighted by Gasteiger charge is 2.13. The maximum absolute atomic E-state index is 10.7. The Morgan fingerprint density at radius 3 is 2.33 bits per heavy atom. The molecule has 6 nitrogen and oxygen atoms in total. The number of nitriles is 1. The van der Waals surface area contributed by atoms with E-state index in [1.807, 2.05) is 13.8 Å². The van der Waals surface area contributed by atoms with Crippen LogP contribution in [0.3, 0.4) is 0 Å². The van der Waals surface area contributed by atoms with E-state index >= 15 is 0 Å². The van der Waals surface area contributed by atoms with Crippen molar-refractivity contribution in [2.45, 2.75) is 13.8 Å². The van der Waals surface area contributed by atoms with Crippen LogP contribution in [0.25, 0.3) is 0 Å². The molecule has 0 fully saturated rings. The van der Waals surface area contributed by atoms with Crippen LogP contribution in [-0.2, 0) is 0 Å². The summed E-state index contributed by atoms with van der Waals surface area (Å²) in [4.78, 5) is 10.2. The SMILES string of the molecule is Cc1cc(C#N)cc(C)c1Oc1ccc([N+](=O)[O-])cc1N. The number of hydrogen-bond acceptors (Lipinski definition) is 5. The van der Waals surface area contributed by atoms with Crippen molar-refractivity contribution in [3.8, 4) is 17.6 Å².